The van der Waals surface area contributed by atoms with E-state index in [1.807, 2.05) is 6.92 Å². The van der Waals surface area contributed by atoms with Crippen molar-refractivity contribution in [3.05, 3.63) is 11.1 Å². The third-order valence-corrected chi connectivity index (χ3v) is 4.74. The molecule has 1 N–H and O–H groups in total. The molecule has 0 bridgehead atoms. The Labute approximate surface area is 117 Å². The summed E-state index contributed by atoms with van der Waals surface area (Å²) in [5.41, 5.74) is 2.00. The van der Waals surface area contributed by atoms with Crippen LogP contribution in [0.25, 0.3) is 5.65 Å². The number of hydrogen-bond donors (Lipinski definition) is 1. The van der Waals surface area contributed by atoms with E-state index in [-0.39, 0.29) is 5.03 Å². The van der Waals surface area contributed by atoms with Gasteiger partial charge in [-0.15, -0.1) is 10.2 Å². The SMILES string of the molecule is Cc1c(S(C)(=O)=O)nn2c(NCC3CC3)nnc2c1C. The fraction of sp³-hybridized carbons (Fsp3) is 0.583. The van der Waals surface area contributed by atoms with Crippen LogP contribution >= 0.6 is 0 Å². The summed E-state index contributed by atoms with van der Waals surface area (Å²) in [7, 11) is -3.38. The fourth-order valence-electron chi connectivity index (χ4n) is 2.12. The largest absolute Gasteiger partial charge is 0.353 e. The first-order chi connectivity index (χ1) is 9.38. The van der Waals surface area contributed by atoms with Crippen molar-refractivity contribution in [3.8, 4) is 0 Å². The van der Waals surface area contributed by atoms with E-state index in [0.29, 0.717) is 23.1 Å². The van der Waals surface area contributed by atoms with E-state index in [4.69, 9.17) is 0 Å². The van der Waals surface area contributed by atoms with Crippen LogP contribution < -0.4 is 5.32 Å². The molecule has 0 spiro atoms. The number of nitrogens with one attached hydrogen (secondary N) is 1. The van der Waals surface area contributed by atoms with Gasteiger partial charge in [0.25, 0.3) is 0 Å². The highest BCUT2D eigenvalue weighted by Gasteiger charge is 2.23. The number of sulfone groups is 1. The molecule has 0 saturated heterocycles. The van der Waals surface area contributed by atoms with Crippen molar-refractivity contribution in [1.29, 1.82) is 0 Å². The highest BCUT2D eigenvalue weighted by Crippen LogP contribution is 2.29. The molecule has 8 heteroatoms. The van der Waals surface area contributed by atoms with Crippen LogP contribution in [0.15, 0.2) is 5.03 Å². The number of rotatable bonds is 4. The van der Waals surface area contributed by atoms with Crippen molar-refractivity contribution < 1.29 is 8.42 Å². The molecule has 108 valence electrons. The summed E-state index contributed by atoms with van der Waals surface area (Å²) in [6.07, 6.45) is 3.61. The molecule has 0 radical (unpaired) electrons. The van der Waals surface area contributed by atoms with Crippen LogP contribution in [0, 0.1) is 19.8 Å². The Bertz CT molecular complexity index is 777. The lowest BCUT2D eigenvalue weighted by molar-refractivity contribution is 0.593. The zero-order chi connectivity index (χ0) is 14.5. The van der Waals surface area contributed by atoms with E-state index in [1.54, 1.807) is 6.92 Å². The molecular weight excluding hydrogens is 278 g/mol. The smallest absolute Gasteiger partial charge is 0.246 e. The molecule has 1 fully saturated rings. The van der Waals surface area contributed by atoms with Gasteiger partial charge in [0.2, 0.25) is 5.95 Å². The lowest BCUT2D eigenvalue weighted by Gasteiger charge is -2.08. The molecule has 0 aromatic carbocycles. The van der Waals surface area contributed by atoms with Gasteiger partial charge in [0.15, 0.2) is 20.5 Å². The zero-order valence-electron chi connectivity index (χ0n) is 11.7. The van der Waals surface area contributed by atoms with Crippen molar-refractivity contribution in [3.63, 3.8) is 0 Å². The second kappa shape index (κ2) is 4.41. The van der Waals surface area contributed by atoms with E-state index in [1.165, 1.54) is 17.4 Å². The second-order valence-electron chi connectivity index (χ2n) is 5.41. The Morgan fingerprint density at radius 1 is 1.25 bits per heavy atom. The number of aryl methyl sites for hydroxylation is 1. The predicted octanol–water partition coefficient (Wildman–Crippen LogP) is 0.967. The van der Waals surface area contributed by atoms with Crippen LogP contribution in [0.1, 0.15) is 24.0 Å². The third kappa shape index (κ3) is 2.24. The molecule has 2 heterocycles. The van der Waals surface area contributed by atoms with Gasteiger partial charge in [-0.2, -0.15) is 9.61 Å². The van der Waals surface area contributed by atoms with Gasteiger partial charge in [-0.05, 0) is 38.2 Å². The Morgan fingerprint density at radius 2 is 1.95 bits per heavy atom. The molecule has 1 saturated carbocycles. The molecule has 1 aliphatic carbocycles. The van der Waals surface area contributed by atoms with E-state index in [0.717, 1.165) is 18.4 Å². The van der Waals surface area contributed by atoms with E-state index in [2.05, 4.69) is 20.6 Å². The lowest BCUT2D eigenvalue weighted by Crippen LogP contribution is -2.13. The van der Waals surface area contributed by atoms with Gasteiger partial charge < -0.3 is 5.32 Å². The van der Waals surface area contributed by atoms with Crippen molar-refractivity contribution in [2.45, 2.75) is 31.7 Å². The molecule has 7 nitrogen and oxygen atoms in total. The van der Waals surface area contributed by atoms with E-state index < -0.39 is 9.84 Å². The summed E-state index contributed by atoms with van der Waals surface area (Å²) in [6, 6.07) is 0. The second-order valence-corrected chi connectivity index (χ2v) is 7.34. The van der Waals surface area contributed by atoms with Gasteiger partial charge >= 0.3 is 0 Å². The molecule has 0 unspecified atom stereocenters. The highest BCUT2D eigenvalue weighted by atomic mass is 32.2. The predicted molar refractivity (Wildman–Crippen MR) is 74.6 cm³/mol. The summed E-state index contributed by atoms with van der Waals surface area (Å²) >= 11 is 0. The van der Waals surface area contributed by atoms with Crippen molar-refractivity contribution in [1.82, 2.24) is 19.8 Å². The minimum Gasteiger partial charge on any atom is -0.353 e. The summed E-state index contributed by atoms with van der Waals surface area (Å²) in [5.74, 6) is 1.18. The first kappa shape index (κ1) is 13.3. The third-order valence-electron chi connectivity index (χ3n) is 3.65. The van der Waals surface area contributed by atoms with Crippen LogP contribution in [0.5, 0.6) is 0 Å². The van der Waals surface area contributed by atoms with Crippen molar-refractivity contribution in [2.24, 2.45) is 5.92 Å². The highest BCUT2D eigenvalue weighted by molar-refractivity contribution is 7.90. The summed E-state index contributed by atoms with van der Waals surface area (Å²) in [5, 5.41) is 15.6. The van der Waals surface area contributed by atoms with Crippen LogP contribution in [0.3, 0.4) is 0 Å². The number of nitrogens with zero attached hydrogens (tertiary/aromatic N) is 4. The average Bonchev–Trinajstić information content (AvgIpc) is 3.10. The Morgan fingerprint density at radius 3 is 2.55 bits per heavy atom. The molecule has 1 aliphatic rings. The Hall–Kier alpha value is -1.70. The van der Waals surface area contributed by atoms with Crippen molar-refractivity contribution >= 4 is 21.4 Å². The summed E-state index contributed by atoms with van der Waals surface area (Å²) in [4.78, 5) is 0. The maximum Gasteiger partial charge on any atom is 0.246 e. The van der Waals surface area contributed by atoms with Gasteiger partial charge in [-0.25, -0.2) is 8.42 Å². The quantitative estimate of drug-likeness (QED) is 0.904. The van der Waals surface area contributed by atoms with Crippen LogP contribution in [0.2, 0.25) is 0 Å². The fourth-order valence-corrected chi connectivity index (χ4v) is 3.06. The molecular formula is C12H17N5O2S. The number of anilines is 1. The van der Waals surface area contributed by atoms with E-state index >= 15 is 0 Å². The molecule has 0 amide bonds. The maximum absolute atomic E-state index is 11.8. The minimum absolute atomic E-state index is 0.0803. The summed E-state index contributed by atoms with van der Waals surface area (Å²) in [6.45, 7) is 4.40. The summed E-state index contributed by atoms with van der Waals surface area (Å²) < 4.78 is 25.1. The Kier molecular flexibility index (Phi) is 2.93. The standard InChI is InChI=1S/C12H17N5O2S/c1-7-8(2)11(20(3,18)19)16-17-10(7)14-15-12(17)13-6-9-4-5-9/h9H,4-6H2,1-3H3,(H,13,15). The molecule has 20 heavy (non-hydrogen) atoms. The zero-order valence-corrected chi connectivity index (χ0v) is 12.5. The maximum atomic E-state index is 11.8. The number of hydrogen-bond acceptors (Lipinski definition) is 6. The normalized spacial score (nSPS) is 15.8. The number of aromatic nitrogens is 4. The number of fused-ring (bicyclic) bond motifs is 1. The van der Waals surface area contributed by atoms with Crippen LogP contribution in [0.4, 0.5) is 5.95 Å². The molecule has 0 aliphatic heterocycles. The first-order valence-corrected chi connectivity index (χ1v) is 8.43. The van der Waals surface area contributed by atoms with Gasteiger partial charge in [0.1, 0.15) is 0 Å². The van der Waals surface area contributed by atoms with Crippen LogP contribution in [-0.2, 0) is 9.84 Å². The van der Waals surface area contributed by atoms with Crippen LogP contribution in [-0.4, -0.2) is 41.0 Å². The van der Waals surface area contributed by atoms with Crippen molar-refractivity contribution in [2.75, 3.05) is 18.1 Å². The first-order valence-electron chi connectivity index (χ1n) is 6.54. The monoisotopic (exact) mass is 295 g/mol. The van der Waals surface area contributed by atoms with Gasteiger partial charge in [0.05, 0.1) is 0 Å². The lowest BCUT2D eigenvalue weighted by atomic mass is 10.2. The molecule has 3 rings (SSSR count). The topological polar surface area (TPSA) is 89.2 Å². The molecule has 2 aromatic heterocycles. The van der Waals surface area contributed by atoms with E-state index in [9.17, 15) is 8.42 Å². The molecule has 0 atom stereocenters. The Balaban J connectivity index is 2.12. The van der Waals surface area contributed by atoms with Gasteiger partial charge in [0, 0.05) is 18.4 Å². The molecule has 2 aromatic rings. The van der Waals surface area contributed by atoms with Gasteiger partial charge in [-0.1, -0.05) is 0 Å². The van der Waals surface area contributed by atoms with Gasteiger partial charge in [-0.3, -0.25) is 0 Å². The minimum atomic E-state index is -3.38. The average molecular weight is 295 g/mol.